The van der Waals surface area contributed by atoms with Crippen molar-refractivity contribution in [3.05, 3.63) is 0 Å². The van der Waals surface area contributed by atoms with Gasteiger partial charge in [-0.2, -0.15) is 0 Å². The molecule has 0 bridgehead atoms. The van der Waals surface area contributed by atoms with Crippen LogP contribution >= 0.6 is 0 Å². The van der Waals surface area contributed by atoms with Crippen molar-refractivity contribution in [2.45, 2.75) is 168 Å². The van der Waals surface area contributed by atoms with Crippen LogP contribution in [0.5, 0.6) is 0 Å². The van der Waals surface area contributed by atoms with Crippen LogP contribution < -0.4 is 0 Å². The molecule has 0 aliphatic rings. The third-order valence-corrected chi connectivity index (χ3v) is 13.9. The molecule has 0 fully saturated rings. The van der Waals surface area contributed by atoms with E-state index in [0.717, 1.165) is 5.92 Å². The van der Waals surface area contributed by atoms with E-state index in [0.29, 0.717) is 5.54 Å². The molecule has 0 amide bonds. The smallest absolute Gasteiger partial charge is 0.366 e. The number of rotatable bonds is 22. The Hall–Kier alpha value is 0.571. The minimum absolute atomic E-state index is 0.669. The molecule has 2 unspecified atom stereocenters. The zero-order valence-corrected chi connectivity index (χ0v) is 26.8. The molecule has 0 heterocycles. The van der Waals surface area contributed by atoms with Gasteiger partial charge in [-0.15, -0.1) is 0 Å². The first-order valence-corrected chi connectivity index (χ1v) is 22.5. The zero-order valence-electron chi connectivity index (χ0n) is 23.8. The Bertz CT molecular complexity index is 402. The third kappa shape index (κ3) is 20.0. The van der Waals surface area contributed by atoms with Crippen LogP contribution in [-0.2, 0) is 8.23 Å². The molecule has 0 N–H and O–H groups in total. The molecule has 0 saturated heterocycles. The second-order valence-electron chi connectivity index (χ2n) is 12.1. The molecule has 32 heavy (non-hydrogen) atoms. The molecular weight excluding hydrogens is 441 g/mol. The van der Waals surface area contributed by atoms with Gasteiger partial charge < -0.3 is 8.23 Å². The normalized spacial score (nSPS) is 14.8. The number of hydrogen-bond donors (Lipinski definition) is 0. The van der Waals surface area contributed by atoms with Crippen molar-refractivity contribution in [1.82, 2.24) is 0 Å². The summed E-state index contributed by atoms with van der Waals surface area (Å²) in [6, 6.07) is 0. The Morgan fingerprint density at radius 1 is 0.500 bits per heavy atom. The average Bonchev–Trinajstić information content (AvgIpc) is 2.67. The van der Waals surface area contributed by atoms with Crippen LogP contribution in [-0.4, -0.2) is 25.9 Å². The molecule has 0 aromatic rings. The summed E-state index contributed by atoms with van der Waals surface area (Å²) in [5.41, 5.74) is 0.669. The topological polar surface area (TPSA) is 18.5 Å². The SMILES string of the molecule is CCCCCCC(CCCC)CCCC(CCCCCC)[Si](O[Si](C)(C)C)O[Si](C)(C)C. The largest absolute Gasteiger partial charge is 0.435 e. The van der Waals surface area contributed by atoms with E-state index in [4.69, 9.17) is 8.23 Å². The van der Waals surface area contributed by atoms with Gasteiger partial charge in [-0.3, -0.25) is 0 Å². The van der Waals surface area contributed by atoms with Crippen molar-refractivity contribution < 1.29 is 8.23 Å². The van der Waals surface area contributed by atoms with Crippen LogP contribution in [0.4, 0.5) is 0 Å². The maximum atomic E-state index is 6.80. The first kappa shape index (κ1) is 32.6. The summed E-state index contributed by atoms with van der Waals surface area (Å²) < 4.78 is 13.6. The second-order valence-corrected chi connectivity index (χ2v) is 23.6. The van der Waals surface area contributed by atoms with E-state index >= 15 is 0 Å². The standard InChI is InChI=1S/C27H61O2Si3/c1-10-13-16-18-22-26(21-15-12-3)23-20-25-27(24-19-17-14-11-2)30(28-31(4,5)6)29-32(7,8)9/h26-27H,10-25H2,1-9H3. The highest BCUT2D eigenvalue weighted by molar-refractivity contribution is 6.81. The summed E-state index contributed by atoms with van der Waals surface area (Å²) in [6.07, 6.45) is 22.1. The van der Waals surface area contributed by atoms with Crippen molar-refractivity contribution >= 4 is 25.9 Å². The van der Waals surface area contributed by atoms with Crippen molar-refractivity contribution in [3.63, 3.8) is 0 Å². The fraction of sp³-hybridized carbons (Fsp3) is 1.00. The maximum absolute atomic E-state index is 6.80. The second kappa shape index (κ2) is 18.8. The Morgan fingerprint density at radius 2 is 0.906 bits per heavy atom. The first-order chi connectivity index (χ1) is 15.0. The van der Waals surface area contributed by atoms with Gasteiger partial charge in [0.15, 0.2) is 16.6 Å². The molecule has 0 saturated carbocycles. The van der Waals surface area contributed by atoms with Crippen LogP contribution in [0.15, 0.2) is 0 Å². The molecule has 5 heteroatoms. The quantitative estimate of drug-likeness (QED) is 0.108. The summed E-state index contributed by atoms with van der Waals surface area (Å²) in [4.78, 5) is 0. The van der Waals surface area contributed by atoms with Crippen LogP contribution in [0.3, 0.4) is 0 Å². The van der Waals surface area contributed by atoms with E-state index in [-0.39, 0.29) is 0 Å². The van der Waals surface area contributed by atoms with Gasteiger partial charge >= 0.3 is 9.28 Å². The number of unbranched alkanes of at least 4 members (excludes halogenated alkanes) is 7. The molecule has 1 radical (unpaired) electrons. The lowest BCUT2D eigenvalue weighted by Gasteiger charge is -2.34. The van der Waals surface area contributed by atoms with Crippen LogP contribution in [0.1, 0.15) is 124 Å². The lowest BCUT2D eigenvalue weighted by atomic mass is 9.90. The van der Waals surface area contributed by atoms with Gasteiger partial charge in [-0.1, -0.05) is 111 Å². The van der Waals surface area contributed by atoms with Crippen molar-refractivity contribution in [2.24, 2.45) is 5.92 Å². The van der Waals surface area contributed by atoms with E-state index in [1.165, 1.54) is 103 Å². The van der Waals surface area contributed by atoms with Crippen LogP contribution in [0.2, 0.25) is 44.8 Å². The maximum Gasteiger partial charge on any atom is 0.366 e. The van der Waals surface area contributed by atoms with E-state index in [2.05, 4.69) is 60.1 Å². The Balaban J connectivity index is 5.04. The number of hydrogen-bond acceptors (Lipinski definition) is 2. The molecule has 0 aromatic heterocycles. The first-order valence-electron chi connectivity index (χ1n) is 14.3. The fourth-order valence-corrected chi connectivity index (χ4v) is 12.0. The monoisotopic (exact) mass is 501 g/mol. The highest BCUT2D eigenvalue weighted by atomic mass is 28.4. The molecular formula is C27H61O2Si3. The predicted molar refractivity (Wildman–Crippen MR) is 153 cm³/mol. The van der Waals surface area contributed by atoms with Gasteiger partial charge in [-0.25, -0.2) is 0 Å². The molecule has 0 spiro atoms. The Kier molecular flexibility index (Phi) is 19.2. The molecule has 2 nitrogen and oxygen atoms in total. The van der Waals surface area contributed by atoms with Crippen molar-refractivity contribution in [2.75, 3.05) is 0 Å². The van der Waals surface area contributed by atoms with E-state index in [1.54, 1.807) is 0 Å². The van der Waals surface area contributed by atoms with Gasteiger partial charge in [0.2, 0.25) is 0 Å². The minimum atomic E-state index is -1.60. The van der Waals surface area contributed by atoms with Crippen LogP contribution in [0.25, 0.3) is 0 Å². The van der Waals surface area contributed by atoms with Gasteiger partial charge in [-0.05, 0) is 58.0 Å². The lowest BCUT2D eigenvalue weighted by Crippen LogP contribution is -2.45. The van der Waals surface area contributed by atoms with E-state index in [1.807, 2.05) is 0 Å². The average molecular weight is 502 g/mol. The molecule has 2 atom stereocenters. The van der Waals surface area contributed by atoms with Gasteiger partial charge in [0.25, 0.3) is 0 Å². The lowest BCUT2D eigenvalue weighted by molar-refractivity contribution is 0.351. The van der Waals surface area contributed by atoms with E-state index < -0.39 is 25.9 Å². The fourth-order valence-electron chi connectivity index (χ4n) is 4.43. The Labute approximate surface area is 208 Å². The summed E-state index contributed by atoms with van der Waals surface area (Å²) in [5.74, 6) is 0.944. The minimum Gasteiger partial charge on any atom is -0.435 e. The van der Waals surface area contributed by atoms with Gasteiger partial charge in [0.1, 0.15) is 0 Å². The predicted octanol–water partition coefficient (Wildman–Crippen LogP) is 10.5. The van der Waals surface area contributed by atoms with E-state index in [9.17, 15) is 0 Å². The molecule has 0 rings (SSSR count). The van der Waals surface area contributed by atoms with Crippen molar-refractivity contribution in [1.29, 1.82) is 0 Å². The summed E-state index contributed by atoms with van der Waals surface area (Å²) in [5, 5.41) is 0. The summed E-state index contributed by atoms with van der Waals surface area (Å²) in [6.45, 7) is 21.0. The zero-order chi connectivity index (χ0) is 24.5. The molecule has 0 aliphatic carbocycles. The van der Waals surface area contributed by atoms with Crippen molar-refractivity contribution in [3.8, 4) is 0 Å². The molecule has 193 valence electrons. The highest BCUT2D eigenvalue weighted by Crippen LogP contribution is 2.32. The third-order valence-electron chi connectivity index (χ3n) is 6.15. The molecule has 0 aliphatic heterocycles. The van der Waals surface area contributed by atoms with Crippen LogP contribution in [0, 0.1) is 5.92 Å². The van der Waals surface area contributed by atoms with Gasteiger partial charge in [0, 0.05) is 5.54 Å². The summed E-state index contributed by atoms with van der Waals surface area (Å²) in [7, 11) is -4.40. The Morgan fingerprint density at radius 3 is 1.38 bits per heavy atom. The van der Waals surface area contributed by atoms with Gasteiger partial charge in [0.05, 0.1) is 0 Å². The highest BCUT2D eigenvalue weighted by Gasteiger charge is 2.36. The summed E-state index contributed by atoms with van der Waals surface area (Å²) >= 11 is 0. The molecule has 0 aromatic carbocycles.